The van der Waals surface area contributed by atoms with Gasteiger partial charge in [0.1, 0.15) is 0 Å². The molecule has 27 heavy (non-hydrogen) atoms. The molecule has 2 aliphatic carbocycles. The molecule has 0 saturated heterocycles. The topological polar surface area (TPSA) is 33.1 Å². The fraction of sp³-hybridized carbons (Fsp3) is 0.591. The van der Waals surface area contributed by atoms with Crippen LogP contribution < -0.4 is 0 Å². The number of alkyl halides is 2. The Kier molecular flexibility index (Phi) is 6.43. The predicted octanol–water partition coefficient (Wildman–Crippen LogP) is 6.32. The first kappa shape index (κ1) is 19.7. The summed E-state index contributed by atoms with van der Waals surface area (Å²) >= 11 is 15.1. The summed E-state index contributed by atoms with van der Waals surface area (Å²) < 4.78 is 0. The van der Waals surface area contributed by atoms with Gasteiger partial charge in [-0.2, -0.15) is 0 Å². The number of halogens is 2. The fourth-order valence-electron chi connectivity index (χ4n) is 4.65. The number of aliphatic hydroxyl groups is 1. The molecule has 5 atom stereocenters. The number of rotatable bonds is 7. The Morgan fingerprint density at radius 2 is 1.93 bits per heavy atom. The van der Waals surface area contributed by atoms with Gasteiger partial charge in [-0.05, 0) is 61.5 Å². The van der Waals surface area contributed by atoms with Crippen LogP contribution in [0.2, 0.25) is 0 Å². The predicted molar refractivity (Wildman–Crippen MR) is 114 cm³/mol. The third-order valence-corrected chi connectivity index (χ3v) is 8.23. The molecule has 2 saturated carbocycles. The second kappa shape index (κ2) is 8.82. The smallest absolute Gasteiger partial charge is 0.0924 e. The van der Waals surface area contributed by atoms with E-state index in [0.717, 1.165) is 44.1 Å². The highest BCUT2D eigenvalue weighted by atomic mass is 35.5. The highest BCUT2D eigenvalue weighted by molar-refractivity contribution is 7.09. The highest BCUT2D eigenvalue weighted by Gasteiger charge is 2.42. The molecule has 0 spiro atoms. The van der Waals surface area contributed by atoms with Crippen LogP contribution in [-0.2, 0) is 6.42 Å². The van der Waals surface area contributed by atoms with Gasteiger partial charge < -0.3 is 5.11 Å². The van der Waals surface area contributed by atoms with Gasteiger partial charge in [0.25, 0.3) is 0 Å². The molecule has 2 aliphatic rings. The first-order valence-corrected chi connectivity index (χ1v) is 11.8. The molecule has 2 aromatic rings. The van der Waals surface area contributed by atoms with Crippen molar-refractivity contribution in [3.05, 3.63) is 52.0 Å². The maximum Gasteiger partial charge on any atom is 0.0924 e. The molecular formula is C22H27Cl2NOS. The quantitative estimate of drug-likeness (QED) is 0.528. The van der Waals surface area contributed by atoms with E-state index < -0.39 is 0 Å². The number of aryl methyl sites for hydroxylation is 1. The number of aromatic nitrogens is 1. The van der Waals surface area contributed by atoms with Crippen LogP contribution in [0.3, 0.4) is 0 Å². The molecule has 1 heterocycles. The van der Waals surface area contributed by atoms with E-state index in [1.165, 1.54) is 17.0 Å². The lowest BCUT2D eigenvalue weighted by atomic mass is 9.78. The summed E-state index contributed by atoms with van der Waals surface area (Å²) in [5.41, 5.74) is 2.30. The van der Waals surface area contributed by atoms with Crippen molar-refractivity contribution in [2.75, 3.05) is 0 Å². The van der Waals surface area contributed by atoms with E-state index in [0.29, 0.717) is 17.8 Å². The third kappa shape index (κ3) is 4.37. The molecule has 1 aromatic carbocycles. The van der Waals surface area contributed by atoms with Crippen LogP contribution in [0, 0.1) is 11.8 Å². The maximum atomic E-state index is 10.5. The van der Waals surface area contributed by atoms with E-state index in [1.54, 1.807) is 11.3 Å². The van der Waals surface area contributed by atoms with Crippen molar-refractivity contribution >= 4 is 34.5 Å². The van der Waals surface area contributed by atoms with E-state index in [2.05, 4.69) is 29.2 Å². The van der Waals surface area contributed by atoms with Crippen LogP contribution in [0.25, 0.3) is 0 Å². The number of benzene rings is 1. The number of hydrogen-bond donors (Lipinski definition) is 1. The van der Waals surface area contributed by atoms with Gasteiger partial charge in [0.2, 0.25) is 0 Å². The van der Waals surface area contributed by atoms with Crippen LogP contribution in [0.4, 0.5) is 0 Å². The van der Waals surface area contributed by atoms with Gasteiger partial charge in [0.05, 0.1) is 11.1 Å². The zero-order valence-electron chi connectivity index (χ0n) is 15.4. The monoisotopic (exact) mass is 423 g/mol. The summed E-state index contributed by atoms with van der Waals surface area (Å²) in [6, 6.07) is 8.52. The summed E-state index contributed by atoms with van der Waals surface area (Å²) in [5, 5.41) is 13.9. The largest absolute Gasteiger partial charge is 0.388 e. The van der Waals surface area contributed by atoms with Crippen molar-refractivity contribution < 1.29 is 5.11 Å². The van der Waals surface area contributed by atoms with Gasteiger partial charge in [0.15, 0.2) is 0 Å². The van der Waals surface area contributed by atoms with Crippen LogP contribution in [-0.4, -0.2) is 20.8 Å². The molecule has 1 N–H and O–H groups in total. The van der Waals surface area contributed by atoms with Gasteiger partial charge in [-0.25, -0.2) is 4.98 Å². The van der Waals surface area contributed by atoms with Crippen molar-refractivity contribution in [3.8, 4) is 0 Å². The minimum atomic E-state index is -0.321. The Morgan fingerprint density at radius 3 is 2.56 bits per heavy atom. The molecule has 5 unspecified atom stereocenters. The second-order valence-corrected chi connectivity index (χ2v) is 10.2. The molecule has 1 aromatic heterocycles. The van der Waals surface area contributed by atoms with Crippen molar-refractivity contribution in [2.24, 2.45) is 11.8 Å². The summed E-state index contributed by atoms with van der Waals surface area (Å²) in [6.45, 7) is 0. The molecule has 2 fully saturated rings. The number of thiazole rings is 1. The summed E-state index contributed by atoms with van der Waals surface area (Å²) in [5.74, 6) is 1.13. The van der Waals surface area contributed by atoms with Gasteiger partial charge in [0, 0.05) is 28.2 Å². The zero-order chi connectivity index (χ0) is 18.8. The maximum absolute atomic E-state index is 10.5. The molecule has 0 radical (unpaired) electrons. The van der Waals surface area contributed by atoms with Crippen LogP contribution in [0.5, 0.6) is 0 Å². The van der Waals surface area contributed by atoms with Crippen molar-refractivity contribution in [2.45, 2.75) is 67.7 Å². The average molecular weight is 424 g/mol. The van der Waals surface area contributed by atoms with Crippen molar-refractivity contribution in [1.82, 2.24) is 4.98 Å². The van der Waals surface area contributed by atoms with Crippen molar-refractivity contribution in [1.29, 1.82) is 0 Å². The van der Waals surface area contributed by atoms with Crippen LogP contribution in [0.15, 0.2) is 35.8 Å². The molecule has 5 heteroatoms. The summed E-state index contributed by atoms with van der Waals surface area (Å²) in [4.78, 5) is 4.38. The van der Waals surface area contributed by atoms with E-state index in [9.17, 15) is 5.11 Å². The lowest BCUT2D eigenvalue weighted by Crippen LogP contribution is -2.20. The first-order valence-electron chi connectivity index (χ1n) is 10.1. The minimum absolute atomic E-state index is 0.0831. The molecule has 4 rings (SSSR count). The van der Waals surface area contributed by atoms with Gasteiger partial charge in [-0.3, -0.25) is 0 Å². The van der Waals surface area contributed by atoms with E-state index >= 15 is 0 Å². The Hall–Kier alpha value is -0.610. The molecular weight excluding hydrogens is 397 g/mol. The molecule has 0 aliphatic heterocycles. The van der Waals surface area contributed by atoms with Crippen molar-refractivity contribution in [3.63, 3.8) is 0 Å². The number of hydrogen-bond acceptors (Lipinski definition) is 3. The average Bonchev–Trinajstić information content (AvgIpc) is 3.22. The summed E-state index contributed by atoms with van der Waals surface area (Å²) in [7, 11) is 0. The lowest BCUT2D eigenvalue weighted by molar-refractivity contribution is 0.0621. The molecule has 0 amide bonds. The van der Waals surface area contributed by atoms with E-state index in [1.807, 2.05) is 11.6 Å². The Morgan fingerprint density at radius 1 is 1.15 bits per heavy atom. The normalized spacial score (nSPS) is 29.6. The molecule has 0 bridgehead atoms. The third-order valence-electron chi connectivity index (χ3n) is 6.44. The lowest BCUT2D eigenvalue weighted by Gasteiger charge is -2.31. The van der Waals surface area contributed by atoms with Crippen LogP contribution in [0.1, 0.15) is 66.7 Å². The van der Waals surface area contributed by atoms with Gasteiger partial charge >= 0.3 is 0 Å². The minimum Gasteiger partial charge on any atom is -0.388 e. The van der Waals surface area contributed by atoms with Crippen LogP contribution >= 0.6 is 34.5 Å². The van der Waals surface area contributed by atoms with Gasteiger partial charge in [-0.15, -0.1) is 34.5 Å². The highest BCUT2D eigenvalue weighted by Crippen LogP contribution is 2.48. The fourth-order valence-corrected chi connectivity index (χ4v) is 6.41. The molecule has 2 nitrogen and oxygen atoms in total. The zero-order valence-corrected chi connectivity index (χ0v) is 17.8. The van der Waals surface area contributed by atoms with E-state index in [-0.39, 0.29) is 16.9 Å². The second-order valence-electron chi connectivity index (χ2n) is 8.08. The van der Waals surface area contributed by atoms with E-state index in [4.69, 9.17) is 23.2 Å². The van der Waals surface area contributed by atoms with Gasteiger partial charge in [-0.1, -0.05) is 30.7 Å². The SMILES string of the molecule is OC(c1ccc(C2C(Cl)CC(Cl)C2CCCc2nccs2)cc1)C1CCC1. The summed E-state index contributed by atoms with van der Waals surface area (Å²) in [6.07, 6.45) is 9.14. The standard InChI is InChI=1S/C22H27Cl2NOS/c23-18-13-19(24)21(17(18)5-2-6-20-25-11-12-27-20)14-7-9-16(10-8-14)22(26)15-3-1-4-15/h7-12,15,17-19,21-22,26H,1-6,13H2. The number of aliphatic hydroxyl groups excluding tert-OH is 1. The Labute approximate surface area is 175 Å². The Balaban J connectivity index is 1.42. The Bertz CT molecular complexity index is 716. The molecule has 146 valence electrons. The first-order chi connectivity index (χ1) is 13.1. The number of nitrogens with zero attached hydrogens (tertiary/aromatic N) is 1.